The van der Waals surface area contributed by atoms with Crippen LogP contribution in [0.15, 0.2) is 31.0 Å². The highest BCUT2D eigenvalue weighted by molar-refractivity contribution is 5.05. The Morgan fingerprint density at radius 1 is 1.33 bits per heavy atom. The molecule has 5 nitrogen and oxygen atoms in total. The maximum atomic E-state index is 6.17. The van der Waals surface area contributed by atoms with Crippen molar-refractivity contribution in [2.24, 2.45) is 11.7 Å². The van der Waals surface area contributed by atoms with E-state index in [9.17, 15) is 0 Å². The highest BCUT2D eigenvalue weighted by Gasteiger charge is 2.14. The van der Waals surface area contributed by atoms with E-state index in [4.69, 9.17) is 5.73 Å². The lowest BCUT2D eigenvalue weighted by atomic mass is 10.0. The molecular weight excluding hydrogens is 226 g/mol. The molecule has 0 aliphatic heterocycles. The maximum absolute atomic E-state index is 6.17. The molecule has 0 spiro atoms. The van der Waals surface area contributed by atoms with Gasteiger partial charge in [0.15, 0.2) is 0 Å². The molecule has 1 atom stereocenters. The summed E-state index contributed by atoms with van der Waals surface area (Å²) in [5.41, 5.74) is 7.29. The Bertz CT molecular complexity index is 457. The number of aromatic nitrogens is 4. The number of nitrogens with zero attached hydrogens (tertiary/aromatic N) is 4. The van der Waals surface area contributed by atoms with Crippen molar-refractivity contribution in [2.75, 3.05) is 0 Å². The molecule has 0 radical (unpaired) electrons. The standard InChI is InChI=1S/C13H21N5/c1-11(2)13(14)12-9-15-10-17(12)6-4-8-18-7-3-5-16-18/h3,5,7,9-11,13H,4,6,8,14H2,1-2H3. The van der Waals surface area contributed by atoms with Crippen LogP contribution < -0.4 is 5.73 Å². The molecule has 2 N–H and O–H groups in total. The van der Waals surface area contributed by atoms with E-state index in [2.05, 4.69) is 28.5 Å². The van der Waals surface area contributed by atoms with E-state index >= 15 is 0 Å². The predicted octanol–water partition coefficient (Wildman–Crippen LogP) is 1.83. The van der Waals surface area contributed by atoms with Crippen molar-refractivity contribution in [2.45, 2.75) is 39.4 Å². The summed E-state index contributed by atoms with van der Waals surface area (Å²) in [5.74, 6) is 0.423. The lowest BCUT2D eigenvalue weighted by Gasteiger charge is -2.17. The smallest absolute Gasteiger partial charge is 0.0948 e. The highest BCUT2D eigenvalue weighted by atomic mass is 15.3. The molecule has 2 aromatic rings. The number of nitrogens with two attached hydrogens (primary N) is 1. The van der Waals surface area contributed by atoms with Gasteiger partial charge in [-0.2, -0.15) is 5.10 Å². The van der Waals surface area contributed by atoms with E-state index in [1.54, 1.807) is 6.20 Å². The van der Waals surface area contributed by atoms with Crippen molar-refractivity contribution in [3.05, 3.63) is 36.7 Å². The van der Waals surface area contributed by atoms with Gasteiger partial charge in [-0.05, 0) is 18.4 Å². The Morgan fingerprint density at radius 2 is 2.17 bits per heavy atom. The number of aryl methyl sites for hydroxylation is 2. The lowest BCUT2D eigenvalue weighted by molar-refractivity contribution is 0.460. The SMILES string of the molecule is CC(C)C(N)c1cncn1CCCn1cccn1. The van der Waals surface area contributed by atoms with Crippen LogP contribution >= 0.6 is 0 Å². The first-order chi connectivity index (χ1) is 8.68. The molecule has 0 saturated carbocycles. The number of hydrogen-bond acceptors (Lipinski definition) is 3. The third-order valence-corrected chi connectivity index (χ3v) is 3.15. The second-order valence-electron chi connectivity index (χ2n) is 4.90. The molecule has 98 valence electrons. The largest absolute Gasteiger partial charge is 0.333 e. The van der Waals surface area contributed by atoms with Crippen LogP contribution in [0.1, 0.15) is 32.0 Å². The molecule has 5 heteroatoms. The molecule has 0 bridgehead atoms. The van der Waals surface area contributed by atoms with Crippen LogP contribution in [0.2, 0.25) is 0 Å². The molecule has 18 heavy (non-hydrogen) atoms. The molecule has 0 saturated heterocycles. The molecule has 2 rings (SSSR count). The third-order valence-electron chi connectivity index (χ3n) is 3.15. The first-order valence-electron chi connectivity index (χ1n) is 6.41. The van der Waals surface area contributed by atoms with Crippen LogP contribution in [0.25, 0.3) is 0 Å². The second-order valence-corrected chi connectivity index (χ2v) is 4.90. The normalized spacial score (nSPS) is 13.1. The van der Waals surface area contributed by atoms with Gasteiger partial charge in [0.25, 0.3) is 0 Å². The average Bonchev–Trinajstić information content (AvgIpc) is 2.98. The van der Waals surface area contributed by atoms with Crippen LogP contribution in [0.3, 0.4) is 0 Å². The Hall–Kier alpha value is -1.62. The zero-order valence-electron chi connectivity index (χ0n) is 11.0. The van der Waals surface area contributed by atoms with Gasteiger partial charge in [-0.25, -0.2) is 4.98 Å². The van der Waals surface area contributed by atoms with Gasteiger partial charge < -0.3 is 10.3 Å². The van der Waals surface area contributed by atoms with E-state index < -0.39 is 0 Å². The molecule has 1 unspecified atom stereocenters. The van der Waals surface area contributed by atoms with Crippen molar-refractivity contribution in [1.82, 2.24) is 19.3 Å². The molecule has 0 aromatic carbocycles. The fourth-order valence-corrected chi connectivity index (χ4v) is 1.97. The summed E-state index contributed by atoms with van der Waals surface area (Å²) < 4.78 is 4.09. The van der Waals surface area contributed by atoms with E-state index in [1.165, 1.54) is 0 Å². The summed E-state index contributed by atoms with van der Waals surface area (Å²) in [6.45, 7) is 6.11. The molecule has 2 heterocycles. The summed E-state index contributed by atoms with van der Waals surface area (Å²) in [6.07, 6.45) is 8.54. The van der Waals surface area contributed by atoms with Crippen molar-refractivity contribution in [3.63, 3.8) is 0 Å². The van der Waals surface area contributed by atoms with E-state index in [1.807, 2.05) is 29.5 Å². The van der Waals surface area contributed by atoms with Crippen LogP contribution in [-0.2, 0) is 13.1 Å². The van der Waals surface area contributed by atoms with Crippen LogP contribution in [0, 0.1) is 5.92 Å². The third kappa shape index (κ3) is 2.98. The van der Waals surface area contributed by atoms with Gasteiger partial charge >= 0.3 is 0 Å². The monoisotopic (exact) mass is 247 g/mol. The predicted molar refractivity (Wildman–Crippen MR) is 70.8 cm³/mol. The first kappa shape index (κ1) is 12.8. The molecular formula is C13H21N5. The van der Waals surface area contributed by atoms with Gasteiger partial charge in [0.1, 0.15) is 0 Å². The minimum absolute atomic E-state index is 0.0530. The summed E-state index contributed by atoms with van der Waals surface area (Å²) in [6, 6.07) is 1.99. The molecule has 0 aliphatic rings. The number of imidazole rings is 1. The molecule has 0 amide bonds. The van der Waals surface area contributed by atoms with E-state index in [0.717, 1.165) is 25.2 Å². The Morgan fingerprint density at radius 3 is 2.83 bits per heavy atom. The van der Waals surface area contributed by atoms with Gasteiger partial charge in [0.05, 0.1) is 12.0 Å². The van der Waals surface area contributed by atoms with Gasteiger partial charge in [-0.3, -0.25) is 4.68 Å². The minimum Gasteiger partial charge on any atom is -0.333 e. The molecule has 0 aliphatic carbocycles. The van der Waals surface area contributed by atoms with Crippen LogP contribution in [0.4, 0.5) is 0 Å². The summed E-state index contributed by atoms with van der Waals surface area (Å²) in [4.78, 5) is 4.20. The summed E-state index contributed by atoms with van der Waals surface area (Å²) in [7, 11) is 0. The van der Waals surface area contributed by atoms with E-state index in [-0.39, 0.29) is 6.04 Å². The summed E-state index contributed by atoms with van der Waals surface area (Å²) in [5, 5.41) is 4.19. The van der Waals surface area contributed by atoms with Crippen LogP contribution in [0.5, 0.6) is 0 Å². The maximum Gasteiger partial charge on any atom is 0.0948 e. The fraction of sp³-hybridized carbons (Fsp3) is 0.538. The van der Waals surface area contributed by atoms with Crippen molar-refractivity contribution in [1.29, 1.82) is 0 Å². The van der Waals surface area contributed by atoms with Crippen LogP contribution in [-0.4, -0.2) is 19.3 Å². The van der Waals surface area contributed by atoms with Gasteiger partial charge in [0, 0.05) is 37.7 Å². The topological polar surface area (TPSA) is 61.7 Å². The van der Waals surface area contributed by atoms with Crippen molar-refractivity contribution in [3.8, 4) is 0 Å². The Labute approximate surface area is 108 Å². The van der Waals surface area contributed by atoms with Gasteiger partial charge in [0.2, 0.25) is 0 Å². The number of hydrogen-bond donors (Lipinski definition) is 1. The quantitative estimate of drug-likeness (QED) is 0.847. The fourth-order valence-electron chi connectivity index (χ4n) is 1.97. The lowest BCUT2D eigenvalue weighted by Crippen LogP contribution is -2.20. The summed E-state index contributed by atoms with van der Waals surface area (Å²) >= 11 is 0. The highest BCUT2D eigenvalue weighted by Crippen LogP contribution is 2.18. The zero-order chi connectivity index (χ0) is 13.0. The van der Waals surface area contributed by atoms with Crippen molar-refractivity contribution < 1.29 is 0 Å². The minimum atomic E-state index is 0.0530. The number of rotatable bonds is 6. The average molecular weight is 247 g/mol. The Kier molecular flexibility index (Phi) is 4.15. The molecule has 2 aromatic heterocycles. The van der Waals surface area contributed by atoms with Crippen molar-refractivity contribution >= 4 is 0 Å². The van der Waals surface area contributed by atoms with Gasteiger partial charge in [-0.1, -0.05) is 13.8 Å². The van der Waals surface area contributed by atoms with Gasteiger partial charge in [-0.15, -0.1) is 0 Å². The van der Waals surface area contributed by atoms with E-state index in [0.29, 0.717) is 5.92 Å². The molecule has 0 fully saturated rings. The Balaban J connectivity index is 1.91. The first-order valence-corrected chi connectivity index (χ1v) is 6.41. The second kappa shape index (κ2) is 5.82. The zero-order valence-corrected chi connectivity index (χ0v) is 11.0.